The van der Waals surface area contributed by atoms with E-state index in [2.05, 4.69) is 36.0 Å². The van der Waals surface area contributed by atoms with Gasteiger partial charge in [-0.25, -0.2) is 0 Å². The Balaban J connectivity index is 1.66. The van der Waals surface area contributed by atoms with Crippen LogP contribution >= 0.6 is 0 Å². The predicted octanol–water partition coefficient (Wildman–Crippen LogP) is 3.39. The fourth-order valence-electron chi connectivity index (χ4n) is 3.05. The molecule has 0 atom stereocenters. The van der Waals surface area contributed by atoms with E-state index in [0.29, 0.717) is 17.9 Å². The maximum atomic E-state index is 11.5. The summed E-state index contributed by atoms with van der Waals surface area (Å²) in [7, 11) is 1.66. The highest BCUT2D eigenvalue weighted by atomic mass is 16.7. The normalized spacial score (nSPS) is 11.1. The van der Waals surface area contributed by atoms with Gasteiger partial charge in [-0.1, -0.05) is 24.3 Å². The molecular formula is C23H30N2O6. The van der Waals surface area contributed by atoms with Crippen molar-refractivity contribution in [1.82, 2.24) is 5.32 Å². The Morgan fingerprint density at radius 3 is 2.26 bits per heavy atom. The highest BCUT2D eigenvalue weighted by Crippen LogP contribution is 2.17. The van der Waals surface area contributed by atoms with E-state index in [1.54, 1.807) is 31.4 Å². The van der Waals surface area contributed by atoms with Gasteiger partial charge in [0.05, 0.1) is 25.1 Å². The van der Waals surface area contributed by atoms with E-state index < -0.39 is 17.6 Å². The van der Waals surface area contributed by atoms with Crippen LogP contribution in [0.5, 0.6) is 11.5 Å². The lowest BCUT2D eigenvalue weighted by molar-refractivity contribution is -0.519. The average molecular weight is 431 g/mol. The summed E-state index contributed by atoms with van der Waals surface area (Å²) in [6.45, 7) is 4.92. The first-order chi connectivity index (χ1) is 14.8. The number of methoxy groups -OCH3 is 1. The molecule has 0 aliphatic carbocycles. The predicted molar refractivity (Wildman–Crippen MR) is 117 cm³/mol. The van der Waals surface area contributed by atoms with Gasteiger partial charge in [0.1, 0.15) is 11.5 Å². The van der Waals surface area contributed by atoms with Gasteiger partial charge in [0, 0.05) is 5.54 Å². The summed E-state index contributed by atoms with van der Waals surface area (Å²) in [6, 6.07) is 15.2. The number of hydrogen-bond acceptors (Lipinski definition) is 7. The quantitative estimate of drug-likeness (QED) is 0.171. The summed E-state index contributed by atoms with van der Waals surface area (Å²) in [5.74, 6) is 0.933. The number of nitrogens with zero attached hydrogens (tertiary/aromatic N) is 1. The second kappa shape index (κ2) is 11.9. The lowest BCUT2D eigenvalue weighted by Gasteiger charge is -2.26. The molecule has 0 aliphatic heterocycles. The van der Waals surface area contributed by atoms with E-state index in [4.69, 9.17) is 9.47 Å². The molecule has 2 aromatic carbocycles. The highest BCUT2D eigenvalue weighted by molar-refractivity contribution is 5.72. The molecule has 2 aromatic rings. The van der Waals surface area contributed by atoms with E-state index in [9.17, 15) is 14.9 Å². The van der Waals surface area contributed by atoms with Crippen LogP contribution < -0.4 is 14.8 Å². The zero-order valence-electron chi connectivity index (χ0n) is 18.3. The molecule has 0 saturated heterocycles. The van der Waals surface area contributed by atoms with Crippen molar-refractivity contribution in [3.8, 4) is 11.5 Å². The summed E-state index contributed by atoms with van der Waals surface area (Å²) in [5.41, 5.74) is 1.92. The Morgan fingerprint density at radius 1 is 1.03 bits per heavy atom. The summed E-state index contributed by atoms with van der Waals surface area (Å²) in [5, 5.41) is 13.8. The van der Waals surface area contributed by atoms with Crippen LogP contribution in [0, 0.1) is 10.1 Å². The first-order valence-electron chi connectivity index (χ1n) is 10.1. The molecule has 0 aromatic heterocycles. The average Bonchev–Trinajstić information content (AvgIpc) is 2.73. The van der Waals surface area contributed by atoms with Crippen molar-refractivity contribution in [2.45, 2.75) is 38.6 Å². The molecule has 0 unspecified atom stereocenters. The number of nitro groups is 1. The van der Waals surface area contributed by atoms with Crippen LogP contribution in [0.2, 0.25) is 0 Å². The van der Waals surface area contributed by atoms with Crippen LogP contribution in [-0.2, 0) is 22.4 Å². The summed E-state index contributed by atoms with van der Waals surface area (Å²) in [4.78, 5) is 21.0. The number of hydrogen-bond donors (Lipinski definition) is 1. The van der Waals surface area contributed by atoms with E-state index in [0.717, 1.165) is 25.1 Å². The third-order valence-electron chi connectivity index (χ3n) is 4.60. The van der Waals surface area contributed by atoms with Crippen LogP contribution in [0.3, 0.4) is 0 Å². The minimum Gasteiger partial charge on any atom is -0.497 e. The molecule has 1 N–H and O–H groups in total. The van der Waals surface area contributed by atoms with Crippen molar-refractivity contribution in [1.29, 1.82) is 0 Å². The summed E-state index contributed by atoms with van der Waals surface area (Å²) in [6.07, 6.45) is 1.74. The molecule has 31 heavy (non-hydrogen) atoms. The van der Waals surface area contributed by atoms with Crippen molar-refractivity contribution < 1.29 is 23.9 Å². The number of nitrogens with one attached hydrogen (secondary N) is 1. The molecule has 168 valence electrons. The zero-order valence-corrected chi connectivity index (χ0v) is 18.3. The molecule has 2 rings (SSSR count). The number of carbonyl (C=O) groups is 1. The second-order valence-electron chi connectivity index (χ2n) is 7.84. The zero-order chi connectivity index (χ0) is 22.7. The van der Waals surface area contributed by atoms with E-state index >= 15 is 0 Å². The van der Waals surface area contributed by atoms with Gasteiger partial charge in [-0.15, -0.1) is 0 Å². The van der Waals surface area contributed by atoms with Gasteiger partial charge in [0.2, 0.25) is 0 Å². The molecule has 0 heterocycles. The third-order valence-corrected chi connectivity index (χ3v) is 4.60. The van der Waals surface area contributed by atoms with E-state index in [1.807, 2.05) is 12.1 Å². The van der Waals surface area contributed by atoms with Crippen molar-refractivity contribution in [2.24, 2.45) is 0 Å². The lowest BCUT2D eigenvalue weighted by atomic mass is 9.95. The van der Waals surface area contributed by atoms with Crippen LogP contribution in [0.4, 0.5) is 0 Å². The Kier molecular flexibility index (Phi) is 9.27. The first kappa shape index (κ1) is 24.1. The molecule has 0 saturated carbocycles. The van der Waals surface area contributed by atoms with Gasteiger partial charge >= 0.3 is 12.7 Å². The maximum Gasteiger partial charge on any atom is 0.346 e. The van der Waals surface area contributed by atoms with Gasteiger partial charge in [-0.05, 0) is 68.6 Å². The SMILES string of the molecule is COc1ccc(CC(C)(C)NCCCOc2ccc(CC(=O)OC[N+](=O)[O-])cc2)cc1. The molecule has 0 aliphatic rings. The fourth-order valence-corrected chi connectivity index (χ4v) is 3.05. The smallest absolute Gasteiger partial charge is 0.346 e. The van der Waals surface area contributed by atoms with Crippen molar-refractivity contribution in [3.05, 3.63) is 69.8 Å². The second-order valence-corrected chi connectivity index (χ2v) is 7.84. The van der Waals surface area contributed by atoms with Crippen LogP contribution in [0.25, 0.3) is 0 Å². The Hall–Kier alpha value is -3.13. The maximum absolute atomic E-state index is 11.5. The molecule has 0 radical (unpaired) electrons. The fraction of sp³-hybridized carbons (Fsp3) is 0.435. The standard InChI is InChI=1S/C23H30N2O6/c1-23(2,16-19-7-9-20(29-3)10-8-19)24-13-4-14-30-21-11-5-18(6-12-21)15-22(26)31-17-25(27)28/h5-12,24H,4,13-17H2,1-3H3. The van der Waals surface area contributed by atoms with Crippen LogP contribution in [0.1, 0.15) is 31.4 Å². The van der Waals surface area contributed by atoms with Gasteiger partial charge < -0.3 is 19.5 Å². The molecule has 0 amide bonds. The van der Waals surface area contributed by atoms with E-state index in [-0.39, 0.29) is 12.0 Å². The van der Waals surface area contributed by atoms with Crippen molar-refractivity contribution in [3.63, 3.8) is 0 Å². The molecule has 0 fully saturated rings. The largest absolute Gasteiger partial charge is 0.497 e. The third kappa shape index (κ3) is 9.48. The van der Waals surface area contributed by atoms with Gasteiger partial charge in [-0.3, -0.25) is 14.9 Å². The Labute approximate surface area is 182 Å². The molecular weight excluding hydrogens is 400 g/mol. The topological polar surface area (TPSA) is 99.9 Å². The van der Waals surface area contributed by atoms with Crippen molar-refractivity contribution >= 4 is 5.97 Å². The van der Waals surface area contributed by atoms with Gasteiger partial charge in [-0.2, -0.15) is 0 Å². The minimum absolute atomic E-state index is 0.0126. The number of rotatable bonds is 13. The Morgan fingerprint density at radius 2 is 1.65 bits per heavy atom. The summed E-state index contributed by atoms with van der Waals surface area (Å²) >= 11 is 0. The number of ether oxygens (including phenoxy) is 3. The van der Waals surface area contributed by atoms with Crippen molar-refractivity contribution in [2.75, 3.05) is 27.0 Å². The monoisotopic (exact) mass is 430 g/mol. The van der Waals surface area contributed by atoms with Crippen LogP contribution in [-0.4, -0.2) is 43.4 Å². The minimum atomic E-state index is -0.815. The number of benzene rings is 2. The molecule has 0 spiro atoms. The Bertz CT molecular complexity index is 834. The molecule has 8 heteroatoms. The molecule has 0 bridgehead atoms. The highest BCUT2D eigenvalue weighted by Gasteiger charge is 2.17. The lowest BCUT2D eigenvalue weighted by Crippen LogP contribution is -2.42. The summed E-state index contributed by atoms with van der Waals surface area (Å²) < 4.78 is 15.5. The van der Waals surface area contributed by atoms with E-state index in [1.165, 1.54) is 5.56 Å². The number of esters is 1. The number of carbonyl (C=O) groups excluding carboxylic acids is 1. The molecule has 8 nitrogen and oxygen atoms in total. The van der Waals surface area contributed by atoms with Gasteiger partial charge in [0.25, 0.3) is 0 Å². The first-order valence-corrected chi connectivity index (χ1v) is 10.1. The van der Waals surface area contributed by atoms with Crippen LogP contribution in [0.15, 0.2) is 48.5 Å². The van der Waals surface area contributed by atoms with Gasteiger partial charge in [0.15, 0.2) is 0 Å².